The molecule has 0 radical (unpaired) electrons. The second-order valence-corrected chi connectivity index (χ2v) is 6.21. The Morgan fingerprint density at radius 1 is 1.24 bits per heavy atom. The Bertz CT molecular complexity index is 795. The molecule has 5 heteroatoms. The van der Waals surface area contributed by atoms with Crippen molar-refractivity contribution in [3.63, 3.8) is 0 Å². The van der Waals surface area contributed by atoms with Gasteiger partial charge in [-0.1, -0.05) is 29.8 Å². The van der Waals surface area contributed by atoms with E-state index in [-0.39, 0.29) is 0 Å². The minimum Gasteiger partial charge on any atom is -0.437 e. The number of nitrogens with zero attached hydrogens (tertiary/aromatic N) is 3. The second kappa shape index (κ2) is 5.48. The molecule has 0 aliphatic heterocycles. The zero-order valence-electron chi connectivity index (χ0n) is 12.2. The molecule has 3 rings (SSSR count). The number of halogens is 1. The van der Waals surface area contributed by atoms with Crippen LogP contribution in [0.2, 0.25) is 0 Å². The van der Waals surface area contributed by atoms with Crippen molar-refractivity contribution in [1.82, 2.24) is 14.6 Å². The molecule has 0 fully saturated rings. The fourth-order valence-electron chi connectivity index (χ4n) is 2.11. The molecule has 21 heavy (non-hydrogen) atoms. The van der Waals surface area contributed by atoms with Crippen molar-refractivity contribution < 1.29 is 4.74 Å². The predicted molar refractivity (Wildman–Crippen MR) is 86.0 cm³/mol. The third-order valence-electron chi connectivity index (χ3n) is 3.31. The molecular formula is C16H16BrN3O. The number of hydrogen-bond donors (Lipinski definition) is 0. The number of ether oxygens (including phenoxy) is 1. The first-order chi connectivity index (χ1) is 10.0. The number of fused-ring (bicyclic) bond motifs is 1. The Kier molecular flexibility index (Phi) is 3.68. The SMILES string of the molecule is Cc1cc(Br)ccc1Oc1nccn2nc(C(C)C)cc12. The fourth-order valence-corrected chi connectivity index (χ4v) is 2.58. The lowest BCUT2D eigenvalue weighted by Gasteiger charge is -2.08. The molecule has 0 bridgehead atoms. The molecular weight excluding hydrogens is 330 g/mol. The van der Waals surface area contributed by atoms with Crippen LogP contribution in [0.5, 0.6) is 11.6 Å². The molecule has 0 saturated carbocycles. The minimum absolute atomic E-state index is 0.368. The van der Waals surface area contributed by atoms with E-state index in [0.717, 1.165) is 27.0 Å². The molecule has 0 unspecified atom stereocenters. The van der Waals surface area contributed by atoms with Crippen LogP contribution in [-0.2, 0) is 0 Å². The average molecular weight is 346 g/mol. The molecule has 2 heterocycles. The average Bonchev–Trinajstić information content (AvgIpc) is 2.87. The third kappa shape index (κ3) is 2.78. The van der Waals surface area contributed by atoms with Crippen molar-refractivity contribution in [3.05, 3.63) is 52.4 Å². The summed E-state index contributed by atoms with van der Waals surface area (Å²) in [5, 5.41) is 4.54. The zero-order chi connectivity index (χ0) is 15.0. The molecule has 0 amide bonds. The molecule has 4 nitrogen and oxygen atoms in total. The van der Waals surface area contributed by atoms with E-state index in [9.17, 15) is 0 Å². The van der Waals surface area contributed by atoms with Crippen LogP contribution < -0.4 is 4.74 Å². The summed E-state index contributed by atoms with van der Waals surface area (Å²) in [5.41, 5.74) is 2.96. The summed E-state index contributed by atoms with van der Waals surface area (Å²) >= 11 is 3.46. The maximum Gasteiger partial charge on any atom is 0.245 e. The Balaban J connectivity index is 2.04. The van der Waals surface area contributed by atoms with Gasteiger partial charge in [0.25, 0.3) is 0 Å². The van der Waals surface area contributed by atoms with E-state index >= 15 is 0 Å². The lowest BCUT2D eigenvalue weighted by molar-refractivity contribution is 0.462. The van der Waals surface area contributed by atoms with Gasteiger partial charge < -0.3 is 4.74 Å². The molecule has 0 N–H and O–H groups in total. The Morgan fingerprint density at radius 3 is 2.76 bits per heavy atom. The largest absolute Gasteiger partial charge is 0.437 e. The molecule has 0 spiro atoms. The lowest BCUT2D eigenvalue weighted by atomic mass is 10.1. The van der Waals surface area contributed by atoms with E-state index in [4.69, 9.17) is 4.74 Å². The molecule has 2 aromatic heterocycles. The summed E-state index contributed by atoms with van der Waals surface area (Å²) in [6.45, 7) is 6.25. The highest BCUT2D eigenvalue weighted by atomic mass is 79.9. The number of rotatable bonds is 3. The monoisotopic (exact) mass is 345 g/mol. The van der Waals surface area contributed by atoms with Crippen molar-refractivity contribution in [3.8, 4) is 11.6 Å². The van der Waals surface area contributed by atoms with Crippen LogP contribution in [0, 0.1) is 6.92 Å². The first kappa shape index (κ1) is 14.1. The van der Waals surface area contributed by atoms with E-state index in [1.165, 1.54) is 0 Å². The van der Waals surface area contributed by atoms with Gasteiger partial charge in [-0.05, 0) is 42.7 Å². The van der Waals surface area contributed by atoms with Gasteiger partial charge in [-0.15, -0.1) is 0 Å². The predicted octanol–water partition coefficient (Wildman–Crippen LogP) is 4.72. The van der Waals surface area contributed by atoms with Gasteiger partial charge in [-0.2, -0.15) is 5.10 Å². The molecule has 0 aliphatic carbocycles. The van der Waals surface area contributed by atoms with Crippen molar-refractivity contribution in [2.75, 3.05) is 0 Å². The highest BCUT2D eigenvalue weighted by molar-refractivity contribution is 9.10. The van der Waals surface area contributed by atoms with Crippen molar-refractivity contribution >= 4 is 21.4 Å². The van der Waals surface area contributed by atoms with Gasteiger partial charge in [0, 0.05) is 16.9 Å². The van der Waals surface area contributed by atoms with E-state index in [1.807, 2.05) is 41.9 Å². The van der Waals surface area contributed by atoms with Crippen molar-refractivity contribution in [2.45, 2.75) is 26.7 Å². The summed E-state index contributed by atoms with van der Waals surface area (Å²) < 4.78 is 8.82. The van der Waals surface area contributed by atoms with Crippen molar-refractivity contribution in [1.29, 1.82) is 0 Å². The van der Waals surface area contributed by atoms with Gasteiger partial charge in [0.05, 0.1) is 5.69 Å². The van der Waals surface area contributed by atoms with Gasteiger partial charge in [0.1, 0.15) is 11.3 Å². The molecule has 3 aromatic rings. The minimum atomic E-state index is 0.368. The van der Waals surface area contributed by atoms with Crippen LogP contribution >= 0.6 is 15.9 Å². The molecule has 1 aromatic carbocycles. The zero-order valence-corrected chi connectivity index (χ0v) is 13.8. The topological polar surface area (TPSA) is 39.4 Å². The highest BCUT2D eigenvalue weighted by Gasteiger charge is 2.12. The van der Waals surface area contributed by atoms with Gasteiger partial charge in [-0.25, -0.2) is 9.50 Å². The second-order valence-electron chi connectivity index (χ2n) is 5.30. The van der Waals surface area contributed by atoms with Crippen LogP contribution in [0.15, 0.2) is 41.1 Å². The summed E-state index contributed by atoms with van der Waals surface area (Å²) in [6, 6.07) is 7.94. The summed E-state index contributed by atoms with van der Waals surface area (Å²) in [4.78, 5) is 4.34. The third-order valence-corrected chi connectivity index (χ3v) is 3.80. The first-order valence-corrected chi connectivity index (χ1v) is 7.62. The summed E-state index contributed by atoms with van der Waals surface area (Å²) in [6.07, 6.45) is 3.54. The number of benzene rings is 1. The van der Waals surface area contributed by atoms with Crippen LogP contribution in [0.3, 0.4) is 0 Å². The van der Waals surface area contributed by atoms with Gasteiger partial charge in [0.2, 0.25) is 5.88 Å². The van der Waals surface area contributed by atoms with E-state index in [2.05, 4.69) is 39.9 Å². The highest BCUT2D eigenvalue weighted by Crippen LogP contribution is 2.29. The number of hydrogen-bond acceptors (Lipinski definition) is 3. The maximum absolute atomic E-state index is 5.98. The van der Waals surface area contributed by atoms with Gasteiger partial charge in [-0.3, -0.25) is 0 Å². The van der Waals surface area contributed by atoms with Crippen LogP contribution in [-0.4, -0.2) is 14.6 Å². The van der Waals surface area contributed by atoms with Crippen molar-refractivity contribution in [2.24, 2.45) is 0 Å². The smallest absolute Gasteiger partial charge is 0.245 e. The maximum atomic E-state index is 5.98. The standard InChI is InChI=1S/C16H16BrN3O/c1-10(2)13-9-14-16(18-6-7-20(14)19-13)21-15-5-4-12(17)8-11(15)3/h4-10H,1-3H3. The Hall–Kier alpha value is -1.88. The molecule has 0 saturated heterocycles. The van der Waals surface area contributed by atoms with Crippen LogP contribution in [0.25, 0.3) is 5.52 Å². The summed E-state index contributed by atoms with van der Waals surface area (Å²) in [7, 11) is 0. The molecule has 108 valence electrons. The number of aryl methyl sites for hydroxylation is 1. The Morgan fingerprint density at radius 2 is 2.05 bits per heavy atom. The fraction of sp³-hybridized carbons (Fsp3) is 0.250. The van der Waals surface area contributed by atoms with E-state index < -0.39 is 0 Å². The van der Waals surface area contributed by atoms with E-state index in [0.29, 0.717) is 11.8 Å². The number of aromatic nitrogens is 3. The lowest BCUT2D eigenvalue weighted by Crippen LogP contribution is -1.95. The first-order valence-electron chi connectivity index (χ1n) is 6.83. The van der Waals surface area contributed by atoms with Gasteiger partial charge >= 0.3 is 0 Å². The molecule has 0 aliphatic rings. The quantitative estimate of drug-likeness (QED) is 0.689. The normalized spacial score (nSPS) is 11.3. The summed E-state index contributed by atoms with van der Waals surface area (Å²) in [5.74, 6) is 1.74. The van der Waals surface area contributed by atoms with Crippen LogP contribution in [0.4, 0.5) is 0 Å². The van der Waals surface area contributed by atoms with Gasteiger partial charge in [0.15, 0.2) is 0 Å². The molecule has 0 atom stereocenters. The Labute approximate surface area is 131 Å². The van der Waals surface area contributed by atoms with Crippen LogP contribution in [0.1, 0.15) is 31.0 Å². The van der Waals surface area contributed by atoms with E-state index in [1.54, 1.807) is 6.20 Å².